The second-order valence-electron chi connectivity index (χ2n) is 7.35. The van der Waals surface area contributed by atoms with E-state index in [4.69, 9.17) is 21.6 Å². The molecule has 0 bridgehead atoms. The van der Waals surface area contributed by atoms with Gasteiger partial charge in [0.2, 0.25) is 10.0 Å². The van der Waals surface area contributed by atoms with Gasteiger partial charge in [0.25, 0.3) is 0 Å². The zero-order valence-electron chi connectivity index (χ0n) is 18.2. The smallest absolute Gasteiger partial charge is 0.337 e. The number of sulfonamides is 1. The lowest BCUT2D eigenvalue weighted by atomic mass is 10.0. The maximum Gasteiger partial charge on any atom is 0.337 e. The quantitative estimate of drug-likeness (QED) is 0.404. The number of hydrogen-bond acceptors (Lipinski definition) is 5. The average molecular weight is 483 g/mol. The number of ether oxygens (including phenoxy) is 1. The Balaban J connectivity index is 2.05. The Morgan fingerprint density at radius 2 is 1.64 bits per heavy atom. The molecule has 3 aromatic carbocycles. The van der Waals surface area contributed by atoms with Crippen molar-refractivity contribution in [3.05, 3.63) is 100 Å². The first-order valence-corrected chi connectivity index (χ1v) is 12.1. The fraction of sp³-hybridized carbons (Fsp3) is 0.200. The highest BCUT2D eigenvalue weighted by molar-refractivity contribution is 7.89. The minimum atomic E-state index is -3.90. The summed E-state index contributed by atoms with van der Waals surface area (Å²) in [6.45, 7) is 2.00. The lowest BCUT2D eigenvalue weighted by Crippen LogP contribution is -2.34. The predicted molar refractivity (Wildman–Crippen MR) is 126 cm³/mol. The molecule has 0 aromatic heterocycles. The fourth-order valence-electron chi connectivity index (χ4n) is 3.53. The first-order valence-electron chi connectivity index (χ1n) is 10.2. The molecule has 0 radical (unpaired) electrons. The van der Waals surface area contributed by atoms with Crippen molar-refractivity contribution >= 4 is 27.6 Å². The van der Waals surface area contributed by atoms with Crippen LogP contribution in [0.5, 0.6) is 0 Å². The van der Waals surface area contributed by atoms with Crippen LogP contribution in [-0.4, -0.2) is 25.8 Å². The van der Waals surface area contributed by atoms with E-state index in [0.717, 1.165) is 5.56 Å². The Morgan fingerprint density at radius 1 is 1.03 bits per heavy atom. The molecule has 1 atom stereocenters. The van der Waals surface area contributed by atoms with Crippen molar-refractivity contribution in [1.82, 2.24) is 4.31 Å². The van der Waals surface area contributed by atoms with E-state index in [1.165, 1.54) is 23.5 Å². The Kier molecular flexibility index (Phi) is 7.88. The Hall–Kier alpha value is -3.18. The van der Waals surface area contributed by atoms with Crippen LogP contribution in [0.2, 0.25) is 5.02 Å². The van der Waals surface area contributed by atoms with E-state index in [1.807, 2.05) is 6.92 Å². The van der Waals surface area contributed by atoms with Crippen molar-refractivity contribution in [1.29, 1.82) is 5.26 Å². The zero-order chi connectivity index (χ0) is 24.0. The van der Waals surface area contributed by atoms with E-state index < -0.39 is 22.0 Å². The summed E-state index contributed by atoms with van der Waals surface area (Å²) >= 11 is 5.97. The Bertz CT molecular complexity index is 1250. The first-order chi connectivity index (χ1) is 15.8. The number of esters is 1. The van der Waals surface area contributed by atoms with Gasteiger partial charge in [0.1, 0.15) is 0 Å². The van der Waals surface area contributed by atoms with Crippen LogP contribution in [0.3, 0.4) is 0 Å². The van der Waals surface area contributed by atoms with Crippen LogP contribution >= 0.6 is 11.6 Å². The number of nitrogens with zero attached hydrogens (tertiary/aromatic N) is 2. The maximum absolute atomic E-state index is 13.7. The number of halogens is 1. The molecule has 170 valence electrons. The zero-order valence-corrected chi connectivity index (χ0v) is 19.8. The summed E-state index contributed by atoms with van der Waals surface area (Å²) in [5.41, 5.74) is 2.37. The maximum atomic E-state index is 13.7. The number of rotatable bonds is 8. The van der Waals surface area contributed by atoms with Crippen molar-refractivity contribution in [2.75, 3.05) is 7.11 Å². The summed E-state index contributed by atoms with van der Waals surface area (Å²) in [5, 5.41) is 9.55. The lowest BCUT2D eigenvalue weighted by Gasteiger charge is -2.31. The highest BCUT2D eigenvalue weighted by Gasteiger charge is 2.32. The van der Waals surface area contributed by atoms with Gasteiger partial charge in [-0.15, -0.1) is 0 Å². The van der Waals surface area contributed by atoms with Crippen molar-refractivity contribution in [3.63, 3.8) is 0 Å². The number of methoxy groups -OCH3 is 1. The molecule has 0 aliphatic rings. The van der Waals surface area contributed by atoms with Crippen molar-refractivity contribution in [2.45, 2.75) is 30.8 Å². The summed E-state index contributed by atoms with van der Waals surface area (Å²) in [5.74, 6) is -0.462. The van der Waals surface area contributed by atoms with Crippen molar-refractivity contribution < 1.29 is 17.9 Å². The number of carbonyl (C=O) groups excluding carboxylic acids is 1. The van der Waals surface area contributed by atoms with Crippen LogP contribution in [0.4, 0.5) is 0 Å². The van der Waals surface area contributed by atoms with E-state index in [2.05, 4.69) is 6.07 Å². The van der Waals surface area contributed by atoms with Crippen molar-refractivity contribution in [2.24, 2.45) is 0 Å². The molecule has 0 amide bonds. The van der Waals surface area contributed by atoms with Gasteiger partial charge in [0.15, 0.2) is 0 Å². The SMILES string of the molecule is CC[C@@H](c1ccc(C#N)cc1)N(Cc1ccc(C(=O)OC)cc1)S(=O)(=O)c1ccc(Cl)cc1. The molecule has 0 aliphatic heterocycles. The molecule has 0 N–H and O–H groups in total. The standard InChI is InChI=1S/C25H23ClN2O4S/c1-3-24(20-8-4-18(16-27)5-9-20)28(33(30,31)23-14-12-22(26)13-15-23)17-19-6-10-21(11-7-19)25(29)32-2/h4-15,24H,3,17H2,1-2H3/t24-/m0/s1. The largest absolute Gasteiger partial charge is 0.465 e. The minimum Gasteiger partial charge on any atom is -0.465 e. The number of carbonyl (C=O) groups is 1. The molecule has 0 unspecified atom stereocenters. The number of benzene rings is 3. The molecule has 6 nitrogen and oxygen atoms in total. The number of hydrogen-bond donors (Lipinski definition) is 0. The predicted octanol–water partition coefficient (Wildman–Crippen LogP) is 5.34. The molecule has 3 rings (SSSR count). The molecule has 0 heterocycles. The summed E-state index contributed by atoms with van der Waals surface area (Å²) in [4.78, 5) is 11.9. The lowest BCUT2D eigenvalue weighted by molar-refractivity contribution is 0.0600. The summed E-state index contributed by atoms with van der Waals surface area (Å²) in [6.07, 6.45) is 0.513. The van der Waals surface area contributed by atoms with E-state index in [0.29, 0.717) is 28.1 Å². The summed E-state index contributed by atoms with van der Waals surface area (Å²) in [7, 11) is -2.60. The topological polar surface area (TPSA) is 87.5 Å². The van der Waals surface area contributed by atoms with Gasteiger partial charge < -0.3 is 4.74 Å². The number of nitriles is 1. The van der Waals surface area contributed by atoms with Crippen LogP contribution in [0.1, 0.15) is 46.4 Å². The summed E-state index contributed by atoms with van der Waals surface area (Å²) < 4.78 is 33.6. The highest BCUT2D eigenvalue weighted by atomic mass is 35.5. The third kappa shape index (κ3) is 5.60. The third-order valence-electron chi connectivity index (χ3n) is 5.29. The fourth-order valence-corrected chi connectivity index (χ4v) is 5.34. The van der Waals surface area contributed by atoms with Gasteiger partial charge in [-0.2, -0.15) is 9.57 Å². The van der Waals surface area contributed by atoms with E-state index in [-0.39, 0.29) is 11.4 Å². The third-order valence-corrected chi connectivity index (χ3v) is 7.41. The highest BCUT2D eigenvalue weighted by Crippen LogP contribution is 2.32. The van der Waals surface area contributed by atoms with Crippen LogP contribution in [-0.2, 0) is 21.3 Å². The van der Waals surface area contributed by atoms with Crippen LogP contribution in [0.15, 0.2) is 77.7 Å². The molecular weight excluding hydrogens is 460 g/mol. The second kappa shape index (κ2) is 10.6. The minimum absolute atomic E-state index is 0.0882. The molecule has 3 aromatic rings. The summed E-state index contributed by atoms with van der Waals surface area (Å²) in [6, 6.07) is 21.2. The van der Waals surface area contributed by atoms with Gasteiger partial charge in [-0.05, 0) is 66.1 Å². The van der Waals surface area contributed by atoms with Crippen LogP contribution in [0, 0.1) is 11.3 Å². The molecule has 0 saturated heterocycles. The Labute approximate surface area is 199 Å². The van der Waals surface area contributed by atoms with Gasteiger partial charge in [0, 0.05) is 11.6 Å². The molecule has 8 heteroatoms. The van der Waals surface area contributed by atoms with Crippen LogP contribution in [0.25, 0.3) is 0 Å². The normalized spacial score (nSPS) is 12.2. The molecule has 33 heavy (non-hydrogen) atoms. The first kappa shape index (κ1) is 24.5. The van der Waals surface area contributed by atoms with Gasteiger partial charge in [-0.3, -0.25) is 0 Å². The van der Waals surface area contributed by atoms with E-state index in [1.54, 1.807) is 60.7 Å². The molecule has 0 fully saturated rings. The molecular formula is C25H23ClN2O4S. The van der Waals surface area contributed by atoms with E-state index in [9.17, 15) is 13.2 Å². The van der Waals surface area contributed by atoms with Gasteiger partial charge in [-0.1, -0.05) is 42.8 Å². The van der Waals surface area contributed by atoms with Gasteiger partial charge in [0.05, 0.1) is 35.2 Å². The van der Waals surface area contributed by atoms with E-state index >= 15 is 0 Å². The second-order valence-corrected chi connectivity index (χ2v) is 9.68. The monoisotopic (exact) mass is 482 g/mol. The molecule has 0 saturated carbocycles. The van der Waals surface area contributed by atoms with Gasteiger partial charge >= 0.3 is 5.97 Å². The average Bonchev–Trinajstić information content (AvgIpc) is 2.84. The van der Waals surface area contributed by atoms with Crippen LogP contribution < -0.4 is 0 Å². The molecule has 0 aliphatic carbocycles. The molecule has 0 spiro atoms. The Morgan fingerprint density at radius 3 is 2.15 bits per heavy atom. The van der Waals surface area contributed by atoms with Gasteiger partial charge in [-0.25, -0.2) is 13.2 Å². The van der Waals surface area contributed by atoms with Crippen molar-refractivity contribution in [3.8, 4) is 6.07 Å².